The molecule has 0 unspecified atom stereocenters. The van der Waals surface area contributed by atoms with Crippen LogP contribution in [0.25, 0.3) is 0 Å². The van der Waals surface area contributed by atoms with Crippen LogP contribution < -0.4 is 4.90 Å². The SMILES string of the molecule is Cc1cccc(Cc2csc(N3CCN(S(=O)(=O)c4cc(Cl)cc(Cl)c4)CC3)n2)c1C. The zero-order valence-corrected chi connectivity index (χ0v) is 20.5. The smallest absolute Gasteiger partial charge is 0.243 e. The van der Waals surface area contributed by atoms with Gasteiger partial charge < -0.3 is 4.90 Å². The fraction of sp³-hybridized carbons (Fsp3) is 0.318. The number of hydrogen-bond donors (Lipinski definition) is 0. The first-order valence-corrected chi connectivity index (χ1v) is 13.0. The molecule has 0 saturated carbocycles. The maximum atomic E-state index is 13.0. The Balaban J connectivity index is 1.43. The molecular formula is C22H23Cl2N3O2S2. The maximum absolute atomic E-state index is 13.0. The second kappa shape index (κ2) is 9.08. The monoisotopic (exact) mass is 495 g/mol. The van der Waals surface area contributed by atoms with Gasteiger partial charge in [-0.05, 0) is 48.7 Å². The molecule has 2 aromatic carbocycles. The number of hydrogen-bond acceptors (Lipinski definition) is 5. The van der Waals surface area contributed by atoms with E-state index in [-0.39, 0.29) is 4.90 Å². The third-order valence-corrected chi connectivity index (χ3v) is 8.87. The van der Waals surface area contributed by atoms with Crippen molar-refractivity contribution in [1.29, 1.82) is 0 Å². The highest BCUT2D eigenvalue weighted by molar-refractivity contribution is 7.89. The van der Waals surface area contributed by atoms with E-state index < -0.39 is 10.0 Å². The van der Waals surface area contributed by atoms with Gasteiger partial charge in [0, 0.05) is 48.0 Å². The molecule has 1 aliphatic heterocycles. The van der Waals surface area contributed by atoms with Crippen LogP contribution in [0.2, 0.25) is 10.0 Å². The molecule has 31 heavy (non-hydrogen) atoms. The van der Waals surface area contributed by atoms with Gasteiger partial charge in [0.05, 0.1) is 10.6 Å². The van der Waals surface area contributed by atoms with Crippen LogP contribution in [0.5, 0.6) is 0 Å². The first-order valence-electron chi connectivity index (χ1n) is 9.95. The average Bonchev–Trinajstić information content (AvgIpc) is 3.19. The summed E-state index contributed by atoms with van der Waals surface area (Å²) in [5.74, 6) is 0. The number of piperazine rings is 1. The summed E-state index contributed by atoms with van der Waals surface area (Å²) in [4.78, 5) is 7.09. The fourth-order valence-corrected chi connectivity index (χ4v) is 6.70. The van der Waals surface area contributed by atoms with Crippen LogP contribution in [0.4, 0.5) is 5.13 Å². The summed E-state index contributed by atoms with van der Waals surface area (Å²) in [5.41, 5.74) is 4.91. The minimum absolute atomic E-state index is 0.128. The molecule has 1 aromatic heterocycles. The van der Waals surface area contributed by atoms with Crippen molar-refractivity contribution in [3.8, 4) is 0 Å². The van der Waals surface area contributed by atoms with Crippen molar-refractivity contribution in [3.63, 3.8) is 0 Å². The van der Waals surface area contributed by atoms with Crippen LogP contribution in [0.15, 0.2) is 46.7 Å². The molecule has 1 fully saturated rings. The number of rotatable bonds is 5. The van der Waals surface area contributed by atoms with E-state index in [0.29, 0.717) is 36.2 Å². The second-order valence-corrected chi connectivity index (χ2v) is 11.3. The lowest BCUT2D eigenvalue weighted by atomic mass is 10.0. The van der Waals surface area contributed by atoms with E-state index in [2.05, 4.69) is 42.3 Å². The van der Waals surface area contributed by atoms with Crippen molar-refractivity contribution >= 4 is 49.7 Å². The topological polar surface area (TPSA) is 53.5 Å². The molecule has 0 radical (unpaired) electrons. The Hall–Kier alpha value is -1.64. The first kappa shape index (κ1) is 22.6. The fourth-order valence-electron chi connectivity index (χ4n) is 3.67. The summed E-state index contributed by atoms with van der Waals surface area (Å²) in [6, 6.07) is 10.8. The summed E-state index contributed by atoms with van der Waals surface area (Å²) < 4.78 is 27.4. The van der Waals surface area contributed by atoms with Gasteiger partial charge in [-0.25, -0.2) is 13.4 Å². The molecule has 0 bridgehead atoms. The lowest BCUT2D eigenvalue weighted by Gasteiger charge is -2.33. The molecule has 0 atom stereocenters. The Morgan fingerprint density at radius 1 is 1.03 bits per heavy atom. The zero-order valence-electron chi connectivity index (χ0n) is 17.3. The predicted octanol–water partition coefficient (Wildman–Crippen LogP) is 5.17. The summed E-state index contributed by atoms with van der Waals surface area (Å²) in [5, 5.41) is 3.64. The molecule has 1 saturated heterocycles. The molecule has 1 aliphatic rings. The number of anilines is 1. The summed E-state index contributed by atoms with van der Waals surface area (Å²) in [6.07, 6.45) is 0.799. The van der Waals surface area contributed by atoms with E-state index in [1.54, 1.807) is 11.3 Å². The number of thiazole rings is 1. The molecule has 4 rings (SSSR count). The van der Waals surface area contributed by atoms with Crippen LogP contribution in [-0.2, 0) is 16.4 Å². The number of sulfonamides is 1. The van der Waals surface area contributed by atoms with E-state index in [4.69, 9.17) is 28.2 Å². The Morgan fingerprint density at radius 3 is 2.39 bits per heavy atom. The van der Waals surface area contributed by atoms with E-state index in [1.165, 1.54) is 39.2 Å². The Kier molecular flexibility index (Phi) is 6.60. The van der Waals surface area contributed by atoms with Crippen molar-refractivity contribution in [1.82, 2.24) is 9.29 Å². The minimum Gasteiger partial charge on any atom is -0.345 e. The standard InChI is InChI=1S/C22H23Cl2N3O2S2/c1-15-4-3-5-17(16(15)2)10-20-14-30-22(25-20)26-6-8-27(9-7-26)31(28,29)21-12-18(23)11-19(24)13-21/h3-5,11-14H,6-10H2,1-2H3. The van der Waals surface area contributed by atoms with Gasteiger partial charge >= 0.3 is 0 Å². The zero-order chi connectivity index (χ0) is 22.2. The Bertz CT molecular complexity index is 1180. The Morgan fingerprint density at radius 2 is 1.71 bits per heavy atom. The number of halogens is 2. The molecule has 164 valence electrons. The van der Waals surface area contributed by atoms with E-state index in [1.807, 2.05) is 0 Å². The summed E-state index contributed by atoms with van der Waals surface area (Å²) in [6.45, 7) is 6.21. The highest BCUT2D eigenvalue weighted by Crippen LogP contribution is 2.28. The molecule has 2 heterocycles. The lowest BCUT2D eigenvalue weighted by Crippen LogP contribution is -2.48. The van der Waals surface area contributed by atoms with E-state index >= 15 is 0 Å². The van der Waals surface area contributed by atoms with Gasteiger partial charge in [0.1, 0.15) is 0 Å². The third-order valence-electron chi connectivity index (χ3n) is 5.61. The molecule has 0 amide bonds. The van der Waals surface area contributed by atoms with Crippen LogP contribution in [0.1, 0.15) is 22.4 Å². The lowest BCUT2D eigenvalue weighted by molar-refractivity contribution is 0.384. The Labute approximate surface area is 197 Å². The molecule has 0 spiro atoms. The first-order chi connectivity index (χ1) is 14.7. The van der Waals surface area contributed by atoms with Gasteiger partial charge in [0.25, 0.3) is 0 Å². The summed E-state index contributed by atoms with van der Waals surface area (Å²) >= 11 is 13.6. The highest BCUT2D eigenvalue weighted by Gasteiger charge is 2.30. The molecule has 0 aliphatic carbocycles. The van der Waals surface area contributed by atoms with Crippen LogP contribution in [-0.4, -0.2) is 43.9 Å². The van der Waals surface area contributed by atoms with Crippen molar-refractivity contribution < 1.29 is 8.42 Å². The van der Waals surface area contributed by atoms with Gasteiger partial charge in [-0.1, -0.05) is 41.4 Å². The van der Waals surface area contributed by atoms with Crippen LogP contribution in [0, 0.1) is 13.8 Å². The summed E-state index contributed by atoms with van der Waals surface area (Å²) in [7, 11) is -3.64. The van der Waals surface area contributed by atoms with Crippen LogP contribution in [0.3, 0.4) is 0 Å². The van der Waals surface area contributed by atoms with Gasteiger partial charge in [-0.15, -0.1) is 11.3 Å². The van der Waals surface area contributed by atoms with Gasteiger partial charge in [0.15, 0.2) is 5.13 Å². The largest absolute Gasteiger partial charge is 0.345 e. The average molecular weight is 496 g/mol. The normalized spacial score (nSPS) is 15.4. The second-order valence-electron chi connectivity index (χ2n) is 7.65. The quantitative estimate of drug-likeness (QED) is 0.489. The van der Waals surface area contributed by atoms with Crippen molar-refractivity contribution in [2.75, 3.05) is 31.1 Å². The minimum atomic E-state index is -3.64. The highest BCUT2D eigenvalue weighted by atomic mass is 35.5. The molecular weight excluding hydrogens is 473 g/mol. The number of aryl methyl sites for hydroxylation is 1. The molecule has 0 N–H and O–H groups in total. The van der Waals surface area contributed by atoms with Crippen molar-refractivity contribution in [2.45, 2.75) is 25.2 Å². The van der Waals surface area contributed by atoms with Crippen molar-refractivity contribution in [3.05, 3.63) is 74.2 Å². The third kappa shape index (κ3) is 4.91. The van der Waals surface area contributed by atoms with Gasteiger partial charge in [0.2, 0.25) is 10.0 Å². The molecule has 9 heteroatoms. The predicted molar refractivity (Wildman–Crippen MR) is 128 cm³/mol. The molecule has 3 aromatic rings. The van der Waals surface area contributed by atoms with Crippen molar-refractivity contribution in [2.24, 2.45) is 0 Å². The number of aromatic nitrogens is 1. The van der Waals surface area contributed by atoms with E-state index in [0.717, 1.165) is 17.2 Å². The van der Waals surface area contributed by atoms with Crippen LogP contribution >= 0.6 is 34.5 Å². The number of benzene rings is 2. The van der Waals surface area contributed by atoms with E-state index in [9.17, 15) is 8.42 Å². The van der Waals surface area contributed by atoms with Gasteiger partial charge in [-0.3, -0.25) is 0 Å². The number of nitrogens with zero attached hydrogens (tertiary/aromatic N) is 3. The maximum Gasteiger partial charge on any atom is 0.243 e. The molecule has 5 nitrogen and oxygen atoms in total. The van der Waals surface area contributed by atoms with Gasteiger partial charge in [-0.2, -0.15) is 4.31 Å².